The molecular weight excluding hydrogens is 446 g/mol. The van der Waals surface area contributed by atoms with Gasteiger partial charge in [0.05, 0.1) is 12.3 Å². The van der Waals surface area contributed by atoms with Gasteiger partial charge in [-0.1, -0.05) is 42.5 Å². The van der Waals surface area contributed by atoms with Gasteiger partial charge in [-0.25, -0.2) is 4.39 Å². The van der Waals surface area contributed by atoms with Crippen molar-refractivity contribution < 1.29 is 37.1 Å². The second kappa shape index (κ2) is 9.18. The van der Waals surface area contributed by atoms with Gasteiger partial charge in [0.15, 0.2) is 0 Å². The number of aliphatic hydroxyl groups is 1. The summed E-state index contributed by atoms with van der Waals surface area (Å²) < 4.78 is 52.1. The van der Waals surface area contributed by atoms with Gasteiger partial charge in [-0.2, -0.15) is 13.2 Å². The predicted octanol–water partition coefficient (Wildman–Crippen LogP) is 2.26. The van der Waals surface area contributed by atoms with E-state index in [1.165, 1.54) is 16.3 Å². The summed E-state index contributed by atoms with van der Waals surface area (Å²) in [5.74, 6) is -4.08. The van der Waals surface area contributed by atoms with Crippen LogP contribution in [0, 0.1) is 0 Å². The molecule has 7 nitrogen and oxygen atoms in total. The first-order valence-electron chi connectivity index (χ1n) is 9.93. The van der Waals surface area contributed by atoms with Gasteiger partial charge in [0.2, 0.25) is 0 Å². The molecular formula is C22H21F4N3O4. The Labute approximate surface area is 186 Å². The van der Waals surface area contributed by atoms with E-state index >= 15 is 0 Å². The minimum absolute atomic E-state index is 0.130. The summed E-state index contributed by atoms with van der Waals surface area (Å²) in [6.07, 6.45) is -4.80. The Hall–Kier alpha value is -3.47. The molecule has 0 unspecified atom stereocenters. The molecule has 1 heterocycles. The molecule has 2 aromatic carbocycles. The van der Waals surface area contributed by atoms with Gasteiger partial charge < -0.3 is 20.6 Å². The summed E-state index contributed by atoms with van der Waals surface area (Å²) in [5, 5.41) is 13.0. The van der Waals surface area contributed by atoms with Crippen LogP contribution in [0.3, 0.4) is 0 Å². The third-order valence-electron chi connectivity index (χ3n) is 5.17. The van der Waals surface area contributed by atoms with Crippen molar-refractivity contribution in [2.24, 2.45) is 0 Å². The third kappa shape index (κ3) is 4.98. The number of amides is 3. The van der Waals surface area contributed by atoms with Gasteiger partial charge in [0, 0.05) is 12.1 Å². The van der Waals surface area contributed by atoms with Crippen molar-refractivity contribution in [2.45, 2.75) is 24.8 Å². The van der Waals surface area contributed by atoms with E-state index in [9.17, 15) is 37.1 Å². The van der Waals surface area contributed by atoms with Crippen LogP contribution in [0.2, 0.25) is 0 Å². The number of alkyl halides is 4. The summed E-state index contributed by atoms with van der Waals surface area (Å²) >= 11 is 0. The minimum atomic E-state index is -4.80. The number of carbonyl (C=O) groups is 3. The number of hydrogen-bond donors (Lipinski definition) is 3. The summed E-state index contributed by atoms with van der Waals surface area (Å²) in [6.45, 7) is -1.84. The van der Waals surface area contributed by atoms with Gasteiger partial charge in [0.25, 0.3) is 23.4 Å². The first-order valence-corrected chi connectivity index (χ1v) is 9.93. The lowest BCUT2D eigenvalue weighted by Crippen LogP contribution is -2.55. The first-order chi connectivity index (χ1) is 15.5. The molecule has 0 aliphatic carbocycles. The normalized spacial score (nSPS) is 17.3. The molecule has 0 aromatic heterocycles. The summed E-state index contributed by atoms with van der Waals surface area (Å²) in [6, 6.07) is 11.9. The maximum Gasteiger partial charge on any atom is 0.405 e. The number of fused-ring (bicyclic) bond motifs is 3. The number of nitrogens with one attached hydrogen (secondary N) is 2. The zero-order chi connectivity index (χ0) is 24.4. The molecule has 0 bridgehead atoms. The van der Waals surface area contributed by atoms with Crippen LogP contribution in [0.4, 0.5) is 23.2 Å². The van der Waals surface area contributed by atoms with E-state index in [4.69, 9.17) is 0 Å². The largest absolute Gasteiger partial charge is 0.405 e. The fourth-order valence-corrected chi connectivity index (χ4v) is 3.52. The lowest BCUT2D eigenvalue weighted by atomic mass is 9.95. The van der Waals surface area contributed by atoms with Crippen LogP contribution in [0.25, 0.3) is 11.1 Å². The van der Waals surface area contributed by atoms with Crippen LogP contribution in [0.15, 0.2) is 48.5 Å². The van der Waals surface area contributed by atoms with Crippen LogP contribution in [-0.2, 0) is 14.4 Å². The maximum atomic E-state index is 15.0. The van der Waals surface area contributed by atoms with Crippen molar-refractivity contribution in [3.05, 3.63) is 54.1 Å². The number of hydrogen-bond acceptors (Lipinski definition) is 4. The first kappa shape index (κ1) is 24.2. The van der Waals surface area contributed by atoms with Gasteiger partial charge in [0.1, 0.15) is 12.6 Å². The van der Waals surface area contributed by atoms with Gasteiger partial charge >= 0.3 is 6.18 Å². The Morgan fingerprint density at radius 2 is 1.61 bits per heavy atom. The van der Waals surface area contributed by atoms with Crippen LogP contribution >= 0.6 is 0 Å². The van der Waals surface area contributed by atoms with E-state index in [1.807, 2.05) is 0 Å². The summed E-state index contributed by atoms with van der Waals surface area (Å²) in [7, 11) is 0. The number of β-amino-alcohol motifs (C(OH)–C–C–N with tert-alkyl or cyclic N) is 1. The Kier molecular flexibility index (Phi) is 6.73. The van der Waals surface area contributed by atoms with Crippen molar-refractivity contribution in [3.63, 3.8) is 0 Å². The lowest BCUT2D eigenvalue weighted by Gasteiger charge is -2.28. The average molecular weight is 467 g/mol. The molecule has 0 fully saturated rings. The van der Waals surface area contributed by atoms with Crippen LogP contribution < -0.4 is 15.5 Å². The molecule has 0 saturated heterocycles. The molecule has 3 rings (SSSR count). The smallest absolute Gasteiger partial charge is 0.395 e. The number of carbonyl (C=O) groups excluding carboxylic acids is 3. The summed E-state index contributed by atoms with van der Waals surface area (Å²) in [4.78, 5) is 39.2. The lowest BCUT2D eigenvalue weighted by molar-refractivity contribution is -0.152. The molecule has 0 radical (unpaired) electrons. The Morgan fingerprint density at radius 3 is 2.24 bits per heavy atom. The number of halogens is 4. The molecule has 2 aromatic rings. The standard InChI is InChI=1S/C22H21F4N3O4/c1-21(23,19(32)27-12-22(24,25)26)20(33)28-17-15-8-3-2-6-13(15)14-7-4-5-9-16(14)29(10-11-30)18(17)31/h2-9,17,30H,10-12H2,1H3,(H,27,32)(H,28,33)/t17-,21-/m0/s1. The number of aliphatic hydroxyl groups excluding tert-OH is 1. The Balaban J connectivity index is 1.98. The SMILES string of the molecule is C[C@](F)(C(=O)NCC(F)(F)F)C(=O)N[C@@H]1C(=O)N(CCO)c2ccccc2-c2ccccc21. The van der Waals surface area contributed by atoms with E-state index in [2.05, 4.69) is 5.32 Å². The highest BCUT2D eigenvalue weighted by Gasteiger charge is 2.45. The van der Waals surface area contributed by atoms with Gasteiger partial charge in [-0.3, -0.25) is 14.4 Å². The average Bonchev–Trinajstić information content (AvgIpc) is 2.86. The molecule has 0 saturated carbocycles. The van der Waals surface area contributed by atoms with E-state index < -0.39 is 48.8 Å². The minimum Gasteiger partial charge on any atom is -0.395 e. The molecule has 11 heteroatoms. The van der Waals surface area contributed by atoms with E-state index in [-0.39, 0.29) is 6.54 Å². The highest BCUT2D eigenvalue weighted by atomic mass is 19.4. The number of benzene rings is 2. The second-order valence-electron chi connectivity index (χ2n) is 7.53. The molecule has 176 valence electrons. The quantitative estimate of drug-likeness (QED) is 0.448. The molecule has 3 N–H and O–H groups in total. The topological polar surface area (TPSA) is 98.7 Å². The second-order valence-corrected chi connectivity index (χ2v) is 7.53. The van der Waals surface area contributed by atoms with Crippen LogP contribution in [0.5, 0.6) is 0 Å². The van der Waals surface area contributed by atoms with E-state index in [0.717, 1.165) is 0 Å². The monoisotopic (exact) mass is 467 g/mol. The summed E-state index contributed by atoms with van der Waals surface area (Å²) in [5.41, 5.74) is -1.46. The molecule has 1 aliphatic heterocycles. The third-order valence-corrected chi connectivity index (χ3v) is 5.17. The van der Waals surface area contributed by atoms with Crippen molar-refractivity contribution in [2.75, 3.05) is 24.6 Å². The van der Waals surface area contributed by atoms with Crippen LogP contribution in [-0.4, -0.2) is 54.4 Å². The molecule has 33 heavy (non-hydrogen) atoms. The van der Waals surface area contributed by atoms with Gasteiger partial charge in [-0.05, 0) is 24.1 Å². The number of nitrogens with zero attached hydrogens (tertiary/aromatic N) is 1. The zero-order valence-corrected chi connectivity index (χ0v) is 17.4. The molecule has 3 amide bonds. The molecule has 0 spiro atoms. The van der Waals surface area contributed by atoms with Crippen molar-refractivity contribution in [1.82, 2.24) is 10.6 Å². The highest BCUT2D eigenvalue weighted by molar-refractivity contribution is 6.11. The van der Waals surface area contributed by atoms with Crippen molar-refractivity contribution in [3.8, 4) is 11.1 Å². The fourth-order valence-electron chi connectivity index (χ4n) is 3.52. The zero-order valence-electron chi connectivity index (χ0n) is 17.4. The number of anilines is 1. The fraction of sp³-hybridized carbons (Fsp3) is 0.318. The Morgan fingerprint density at radius 1 is 1.00 bits per heavy atom. The maximum absolute atomic E-state index is 15.0. The molecule has 2 atom stereocenters. The van der Waals surface area contributed by atoms with E-state index in [1.54, 1.807) is 42.5 Å². The van der Waals surface area contributed by atoms with Crippen molar-refractivity contribution >= 4 is 23.4 Å². The highest BCUT2D eigenvalue weighted by Crippen LogP contribution is 2.40. The van der Waals surface area contributed by atoms with Crippen molar-refractivity contribution in [1.29, 1.82) is 0 Å². The number of rotatable bonds is 6. The Bertz CT molecular complexity index is 1070. The van der Waals surface area contributed by atoms with Gasteiger partial charge in [-0.15, -0.1) is 0 Å². The molecule has 1 aliphatic rings. The number of para-hydroxylation sites is 1. The predicted molar refractivity (Wildman–Crippen MR) is 111 cm³/mol. The van der Waals surface area contributed by atoms with Crippen LogP contribution in [0.1, 0.15) is 18.5 Å². The van der Waals surface area contributed by atoms with E-state index in [0.29, 0.717) is 29.3 Å².